The summed E-state index contributed by atoms with van der Waals surface area (Å²) in [4.78, 5) is 9.73. The SMILES string of the molecule is FC1(F)c2cc(C3=CN=C(C4CC5(CC5)CN4)C3)ccc2-c2ccc(-c3ccc4c(c3)CC([C@H]3N[C@@H]5CC[C@H]3C5)=N4)cc21. The van der Waals surface area contributed by atoms with Gasteiger partial charge in [-0.3, -0.25) is 9.98 Å². The average molecular weight is 573 g/mol. The van der Waals surface area contributed by atoms with Crippen molar-refractivity contribution in [3.8, 4) is 22.3 Å². The largest absolute Gasteiger partial charge is 0.308 e. The molecule has 2 bridgehead atoms. The summed E-state index contributed by atoms with van der Waals surface area (Å²) in [5.74, 6) is -2.34. The Bertz CT molecular complexity index is 1830. The van der Waals surface area contributed by atoms with Gasteiger partial charge < -0.3 is 10.6 Å². The Morgan fingerprint density at radius 2 is 1.58 bits per heavy atom. The van der Waals surface area contributed by atoms with E-state index in [4.69, 9.17) is 9.98 Å². The Balaban J connectivity index is 0.901. The van der Waals surface area contributed by atoms with Gasteiger partial charge in [0.15, 0.2) is 0 Å². The van der Waals surface area contributed by atoms with Crippen LogP contribution in [-0.4, -0.2) is 36.1 Å². The summed E-state index contributed by atoms with van der Waals surface area (Å²) in [7, 11) is 0. The maximum atomic E-state index is 16.1. The highest BCUT2D eigenvalue weighted by Crippen LogP contribution is 2.54. The number of alkyl halides is 2. The lowest BCUT2D eigenvalue weighted by molar-refractivity contribution is 0.0480. The first kappa shape index (κ1) is 24.9. The second-order valence-corrected chi connectivity index (χ2v) is 14.2. The van der Waals surface area contributed by atoms with Crippen LogP contribution < -0.4 is 10.6 Å². The molecular weight excluding hydrogens is 538 g/mol. The Hall–Kier alpha value is -3.48. The van der Waals surface area contributed by atoms with Crippen LogP contribution >= 0.6 is 0 Å². The highest BCUT2D eigenvalue weighted by molar-refractivity contribution is 6.02. The molecule has 10 rings (SSSR count). The quantitative estimate of drug-likeness (QED) is 0.339. The molecule has 1 unspecified atom stereocenters. The van der Waals surface area contributed by atoms with Crippen molar-refractivity contribution < 1.29 is 8.78 Å². The van der Waals surface area contributed by atoms with Gasteiger partial charge in [0.2, 0.25) is 0 Å². The van der Waals surface area contributed by atoms with E-state index >= 15 is 8.78 Å². The molecule has 4 heterocycles. The summed E-state index contributed by atoms with van der Waals surface area (Å²) < 4.78 is 32.3. The first-order valence-corrected chi connectivity index (χ1v) is 16.1. The van der Waals surface area contributed by atoms with Crippen LogP contribution in [0.3, 0.4) is 0 Å². The fraction of sp³-hybridized carbons (Fsp3) is 0.405. The molecule has 0 aromatic heterocycles. The maximum absolute atomic E-state index is 16.1. The van der Waals surface area contributed by atoms with Crippen LogP contribution in [0.15, 0.2) is 70.8 Å². The van der Waals surface area contributed by atoms with Gasteiger partial charge in [-0.2, -0.15) is 8.78 Å². The molecule has 4 atom stereocenters. The van der Waals surface area contributed by atoms with Gasteiger partial charge in [0.25, 0.3) is 5.92 Å². The lowest BCUT2D eigenvalue weighted by atomic mass is 9.92. The summed E-state index contributed by atoms with van der Waals surface area (Å²) in [6.07, 6.45) is 11.1. The van der Waals surface area contributed by atoms with Crippen LogP contribution in [0.4, 0.5) is 14.5 Å². The molecule has 2 saturated heterocycles. The van der Waals surface area contributed by atoms with Crippen molar-refractivity contribution in [2.24, 2.45) is 21.3 Å². The number of hydrogen-bond acceptors (Lipinski definition) is 4. The van der Waals surface area contributed by atoms with Gasteiger partial charge >= 0.3 is 0 Å². The first-order chi connectivity index (χ1) is 20.9. The summed E-state index contributed by atoms with van der Waals surface area (Å²) in [6, 6.07) is 18.8. The molecule has 0 amide bonds. The van der Waals surface area contributed by atoms with Crippen LogP contribution in [-0.2, 0) is 12.3 Å². The van der Waals surface area contributed by atoms with E-state index in [1.165, 1.54) is 43.4 Å². The predicted molar refractivity (Wildman–Crippen MR) is 167 cm³/mol. The van der Waals surface area contributed by atoms with Crippen LogP contribution in [0.2, 0.25) is 0 Å². The van der Waals surface area contributed by atoms with Crippen molar-refractivity contribution >= 4 is 22.7 Å². The molecule has 2 N–H and O–H groups in total. The van der Waals surface area contributed by atoms with E-state index in [9.17, 15) is 0 Å². The van der Waals surface area contributed by atoms with E-state index < -0.39 is 5.92 Å². The Labute approximate surface area is 250 Å². The van der Waals surface area contributed by atoms with E-state index in [0.29, 0.717) is 40.6 Å². The van der Waals surface area contributed by atoms with E-state index in [1.54, 1.807) is 12.1 Å². The van der Waals surface area contributed by atoms with Crippen LogP contribution in [0.1, 0.15) is 67.2 Å². The summed E-state index contributed by atoms with van der Waals surface area (Å²) in [6.45, 7) is 1.08. The van der Waals surface area contributed by atoms with Crippen molar-refractivity contribution in [3.63, 3.8) is 0 Å². The van der Waals surface area contributed by atoms with E-state index in [0.717, 1.165) is 59.5 Å². The topological polar surface area (TPSA) is 48.8 Å². The van der Waals surface area contributed by atoms with Crippen LogP contribution in [0.25, 0.3) is 27.8 Å². The summed E-state index contributed by atoms with van der Waals surface area (Å²) in [5.41, 5.74) is 10.3. The molecule has 1 spiro atoms. The molecule has 4 aliphatic heterocycles. The van der Waals surface area contributed by atoms with E-state index in [-0.39, 0.29) is 11.1 Å². The van der Waals surface area contributed by atoms with Gasteiger partial charge in [-0.15, -0.1) is 0 Å². The van der Waals surface area contributed by atoms with Gasteiger partial charge in [0.1, 0.15) is 0 Å². The van der Waals surface area contributed by atoms with Gasteiger partial charge in [0.05, 0.1) is 5.69 Å². The number of nitrogens with one attached hydrogen (secondary N) is 2. The molecule has 6 heteroatoms. The highest BCUT2D eigenvalue weighted by atomic mass is 19.3. The molecule has 3 aliphatic carbocycles. The molecule has 3 aromatic rings. The fourth-order valence-corrected chi connectivity index (χ4v) is 8.96. The van der Waals surface area contributed by atoms with Crippen LogP contribution in [0.5, 0.6) is 0 Å². The number of rotatable bonds is 4. The van der Waals surface area contributed by atoms with Gasteiger partial charge in [-0.1, -0.05) is 30.3 Å². The average Bonchev–Trinajstić information content (AvgIpc) is 3.68. The standard InChI is InChI=1S/C37H34F2N4/c38-37(39)29-13-21(20-4-8-31-24(11-20)15-33(43-31)35-23-1-5-26(12-23)42-35)2-6-27(29)28-7-3-22(14-30(28)37)25-16-32(40-18-25)34-17-36(9-10-36)19-41-34/h2-4,6-8,11,13-14,18,23,26,34-35,41-42H,1,5,9-10,12,15-17,19H2/t23-,26+,34?,35-/m0/s1. The van der Waals surface area contributed by atoms with Crippen LogP contribution in [0, 0.1) is 11.3 Å². The molecule has 4 nitrogen and oxygen atoms in total. The number of benzene rings is 3. The normalized spacial score (nSPS) is 29.9. The molecule has 7 aliphatic rings. The second-order valence-electron chi connectivity index (χ2n) is 14.2. The molecule has 216 valence electrons. The van der Waals surface area contributed by atoms with Crippen molar-refractivity contribution in [1.82, 2.24) is 10.6 Å². The number of allylic oxidation sites excluding steroid dienone is 1. The monoisotopic (exact) mass is 572 g/mol. The van der Waals surface area contributed by atoms with E-state index in [2.05, 4.69) is 22.8 Å². The molecule has 0 radical (unpaired) electrons. The zero-order valence-electron chi connectivity index (χ0n) is 24.1. The van der Waals surface area contributed by atoms with Crippen molar-refractivity contribution in [3.05, 3.63) is 83.1 Å². The number of piperidine rings is 1. The number of fused-ring (bicyclic) bond motifs is 6. The molecule has 4 fully saturated rings. The number of hydrogen-bond donors (Lipinski definition) is 2. The minimum atomic E-state index is -3.05. The fourth-order valence-electron chi connectivity index (χ4n) is 8.96. The minimum Gasteiger partial charge on any atom is -0.308 e. The van der Waals surface area contributed by atoms with Crippen molar-refractivity contribution in [2.45, 2.75) is 75.4 Å². The van der Waals surface area contributed by atoms with Gasteiger partial charge in [-0.05, 0) is 113 Å². The lowest BCUT2D eigenvalue weighted by Crippen LogP contribution is -2.41. The smallest absolute Gasteiger partial charge is 0.299 e. The van der Waals surface area contributed by atoms with Gasteiger partial charge in [-0.25, -0.2) is 0 Å². The molecule has 43 heavy (non-hydrogen) atoms. The highest BCUT2D eigenvalue weighted by Gasteiger charge is 2.50. The zero-order chi connectivity index (χ0) is 28.5. The second kappa shape index (κ2) is 8.58. The zero-order valence-corrected chi connectivity index (χ0v) is 24.1. The van der Waals surface area contributed by atoms with E-state index in [1.807, 2.05) is 36.5 Å². The number of halogens is 2. The van der Waals surface area contributed by atoms with Crippen molar-refractivity contribution in [2.75, 3.05) is 6.54 Å². The molecule has 3 aromatic carbocycles. The summed E-state index contributed by atoms with van der Waals surface area (Å²) >= 11 is 0. The lowest BCUT2D eigenvalue weighted by Gasteiger charge is -2.23. The Morgan fingerprint density at radius 3 is 2.33 bits per heavy atom. The third kappa shape index (κ3) is 3.72. The Morgan fingerprint density at radius 1 is 0.814 bits per heavy atom. The third-order valence-corrected chi connectivity index (χ3v) is 11.6. The van der Waals surface area contributed by atoms with Gasteiger partial charge in [0, 0.05) is 66.3 Å². The third-order valence-electron chi connectivity index (χ3n) is 11.6. The number of nitrogens with zero attached hydrogens (tertiary/aromatic N) is 2. The maximum Gasteiger partial charge on any atom is 0.299 e. The number of aliphatic imine (C=N–C) groups is 2. The Kier molecular flexibility index (Phi) is 4.97. The predicted octanol–water partition coefficient (Wildman–Crippen LogP) is 7.57. The van der Waals surface area contributed by atoms with Crippen molar-refractivity contribution in [1.29, 1.82) is 0 Å². The molecule has 2 saturated carbocycles. The molecular formula is C37H34F2N4. The summed E-state index contributed by atoms with van der Waals surface area (Å²) in [5, 5.41) is 7.42. The first-order valence-electron chi connectivity index (χ1n) is 16.1. The minimum absolute atomic E-state index is 0.1000.